The maximum atomic E-state index is 10.9. The van der Waals surface area contributed by atoms with Gasteiger partial charge in [-0.05, 0) is 24.6 Å². The minimum atomic E-state index is -1.12. The molecule has 17 heavy (non-hydrogen) atoms. The molecule has 1 rings (SSSR count). The van der Waals surface area contributed by atoms with Crippen LogP contribution >= 0.6 is 23.4 Å². The molecule has 0 bridgehead atoms. The van der Waals surface area contributed by atoms with Crippen molar-refractivity contribution in [1.82, 2.24) is 0 Å². The number of hydrogen-bond donors (Lipinski definition) is 2. The van der Waals surface area contributed by atoms with Crippen molar-refractivity contribution in [2.75, 3.05) is 0 Å². The largest absolute Gasteiger partial charge is 0.480 e. The van der Waals surface area contributed by atoms with Gasteiger partial charge in [-0.3, -0.25) is 4.79 Å². The van der Waals surface area contributed by atoms with Gasteiger partial charge < -0.3 is 10.2 Å². The molecule has 1 atom stereocenters. The lowest BCUT2D eigenvalue weighted by Crippen LogP contribution is -2.14. The third kappa shape index (κ3) is 3.64. The Bertz CT molecular complexity index is 447. The van der Waals surface area contributed by atoms with Gasteiger partial charge in [-0.1, -0.05) is 18.5 Å². The normalized spacial score (nSPS) is 12.1. The average Bonchev–Trinajstić information content (AvgIpc) is 2.27. The number of aliphatic carboxylic acids is 1. The molecule has 1 unspecified atom stereocenters. The minimum Gasteiger partial charge on any atom is -0.480 e. The molecule has 4 nitrogen and oxygen atoms in total. The molecule has 0 spiro atoms. The van der Waals surface area contributed by atoms with E-state index >= 15 is 0 Å². The zero-order valence-corrected chi connectivity index (χ0v) is 10.6. The molecule has 0 heterocycles. The Balaban J connectivity index is 2.96. The monoisotopic (exact) mass is 274 g/mol. The maximum absolute atomic E-state index is 10.9. The quantitative estimate of drug-likeness (QED) is 0.808. The zero-order chi connectivity index (χ0) is 13.0. The molecule has 1 aromatic rings. The van der Waals surface area contributed by atoms with E-state index in [2.05, 4.69) is 0 Å². The first-order valence-electron chi connectivity index (χ1n) is 4.88. The van der Waals surface area contributed by atoms with Gasteiger partial charge in [0.05, 0.1) is 10.6 Å². The van der Waals surface area contributed by atoms with E-state index in [1.54, 1.807) is 13.0 Å². The Kier molecular flexibility index (Phi) is 4.84. The summed E-state index contributed by atoms with van der Waals surface area (Å²) in [6.45, 7) is 1.76. The van der Waals surface area contributed by atoms with Crippen LogP contribution < -0.4 is 0 Å². The zero-order valence-electron chi connectivity index (χ0n) is 9.01. The molecule has 0 saturated heterocycles. The van der Waals surface area contributed by atoms with Crippen LogP contribution in [-0.4, -0.2) is 27.4 Å². The lowest BCUT2D eigenvalue weighted by Gasteiger charge is -2.10. The predicted molar refractivity (Wildman–Crippen MR) is 66.0 cm³/mol. The van der Waals surface area contributed by atoms with Gasteiger partial charge in [0.15, 0.2) is 0 Å². The van der Waals surface area contributed by atoms with Crippen molar-refractivity contribution in [2.24, 2.45) is 0 Å². The van der Waals surface area contributed by atoms with E-state index in [1.807, 2.05) is 0 Å². The number of benzene rings is 1. The molecule has 0 fully saturated rings. The fraction of sp³-hybridized carbons (Fsp3) is 0.273. The van der Waals surface area contributed by atoms with Crippen molar-refractivity contribution in [3.63, 3.8) is 0 Å². The second-order valence-corrected chi connectivity index (χ2v) is 4.98. The van der Waals surface area contributed by atoms with Gasteiger partial charge >= 0.3 is 11.9 Å². The lowest BCUT2D eigenvalue weighted by molar-refractivity contribution is -0.136. The molecule has 2 N–H and O–H groups in total. The van der Waals surface area contributed by atoms with Crippen LogP contribution in [0.25, 0.3) is 0 Å². The number of hydrogen-bond acceptors (Lipinski definition) is 3. The van der Waals surface area contributed by atoms with Gasteiger partial charge in [0.25, 0.3) is 0 Å². The van der Waals surface area contributed by atoms with E-state index in [0.29, 0.717) is 11.3 Å². The number of rotatable bonds is 5. The van der Waals surface area contributed by atoms with Gasteiger partial charge in [0.1, 0.15) is 5.25 Å². The standard InChI is InChI=1S/C11H11ClO4S/c1-2-9(11(15)16)17-6-3-4-8(12)7(5-6)10(13)14/h3-5,9H,2H2,1H3,(H,13,14)(H,15,16). The first-order chi connectivity index (χ1) is 7.95. The highest BCUT2D eigenvalue weighted by Gasteiger charge is 2.18. The van der Waals surface area contributed by atoms with Crippen LogP contribution in [0.15, 0.2) is 23.1 Å². The van der Waals surface area contributed by atoms with E-state index in [0.717, 1.165) is 11.8 Å². The Morgan fingerprint density at radius 2 is 2.06 bits per heavy atom. The summed E-state index contributed by atoms with van der Waals surface area (Å²) in [6, 6.07) is 4.47. The molecule has 1 aromatic carbocycles. The van der Waals surface area contributed by atoms with Gasteiger partial charge in [0, 0.05) is 4.90 Å². The molecule has 0 amide bonds. The van der Waals surface area contributed by atoms with Crippen molar-refractivity contribution >= 4 is 35.3 Å². The number of carbonyl (C=O) groups is 2. The molecule has 0 aromatic heterocycles. The van der Waals surface area contributed by atoms with Crippen molar-refractivity contribution in [2.45, 2.75) is 23.5 Å². The van der Waals surface area contributed by atoms with E-state index in [1.165, 1.54) is 12.1 Å². The Hall–Kier alpha value is -1.20. The van der Waals surface area contributed by atoms with Gasteiger partial charge in [-0.15, -0.1) is 11.8 Å². The fourth-order valence-corrected chi connectivity index (χ4v) is 2.34. The van der Waals surface area contributed by atoms with E-state index < -0.39 is 17.2 Å². The smallest absolute Gasteiger partial charge is 0.337 e. The second kappa shape index (κ2) is 5.93. The summed E-state index contributed by atoms with van der Waals surface area (Å²) in [6.07, 6.45) is 0.463. The fourth-order valence-electron chi connectivity index (χ4n) is 1.21. The van der Waals surface area contributed by atoms with Crippen LogP contribution in [0.5, 0.6) is 0 Å². The molecule has 0 saturated carbocycles. The highest BCUT2D eigenvalue weighted by molar-refractivity contribution is 8.00. The van der Waals surface area contributed by atoms with Crippen LogP contribution in [0.1, 0.15) is 23.7 Å². The minimum absolute atomic E-state index is 0.0168. The molecule has 0 aliphatic heterocycles. The molecule has 0 aliphatic rings. The molecule has 92 valence electrons. The third-order valence-electron chi connectivity index (χ3n) is 2.09. The summed E-state index contributed by atoms with van der Waals surface area (Å²) in [5.74, 6) is -2.04. The Labute approximate surface area is 108 Å². The van der Waals surface area contributed by atoms with E-state index in [4.69, 9.17) is 21.8 Å². The predicted octanol–water partition coefficient (Wildman–Crippen LogP) is 2.99. The lowest BCUT2D eigenvalue weighted by atomic mass is 10.2. The number of thioether (sulfide) groups is 1. The van der Waals surface area contributed by atoms with E-state index in [9.17, 15) is 9.59 Å². The van der Waals surface area contributed by atoms with Crippen molar-refractivity contribution < 1.29 is 19.8 Å². The van der Waals surface area contributed by atoms with Crippen LogP contribution in [0, 0.1) is 0 Å². The summed E-state index contributed by atoms with van der Waals surface area (Å²) in [5.41, 5.74) is -0.0168. The summed E-state index contributed by atoms with van der Waals surface area (Å²) in [5, 5.41) is 17.3. The first-order valence-corrected chi connectivity index (χ1v) is 6.13. The number of halogens is 1. The molecule has 0 aliphatic carbocycles. The number of carboxylic acids is 2. The highest BCUT2D eigenvalue weighted by atomic mass is 35.5. The third-order valence-corrected chi connectivity index (χ3v) is 3.77. The second-order valence-electron chi connectivity index (χ2n) is 3.30. The Morgan fingerprint density at radius 1 is 1.41 bits per heavy atom. The molecule has 0 radical (unpaired) electrons. The van der Waals surface area contributed by atoms with Crippen LogP contribution in [0.4, 0.5) is 0 Å². The van der Waals surface area contributed by atoms with Gasteiger partial charge in [0.2, 0.25) is 0 Å². The SMILES string of the molecule is CCC(Sc1ccc(Cl)c(C(=O)O)c1)C(=O)O. The number of carboxylic acid groups (broad SMARTS) is 2. The first kappa shape index (κ1) is 13.9. The molecular formula is C11H11ClO4S. The van der Waals surface area contributed by atoms with Crippen molar-refractivity contribution in [1.29, 1.82) is 0 Å². The summed E-state index contributed by atoms with van der Waals surface area (Å²) in [4.78, 5) is 22.3. The van der Waals surface area contributed by atoms with Crippen LogP contribution in [-0.2, 0) is 4.79 Å². The molecular weight excluding hydrogens is 264 g/mol. The highest BCUT2D eigenvalue weighted by Crippen LogP contribution is 2.29. The Morgan fingerprint density at radius 3 is 2.53 bits per heavy atom. The maximum Gasteiger partial charge on any atom is 0.337 e. The van der Waals surface area contributed by atoms with Crippen molar-refractivity contribution in [3.8, 4) is 0 Å². The van der Waals surface area contributed by atoms with E-state index in [-0.39, 0.29) is 10.6 Å². The van der Waals surface area contributed by atoms with Gasteiger partial charge in [-0.2, -0.15) is 0 Å². The topological polar surface area (TPSA) is 74.6 Å². The molecule has 6 heteroatoms. The average molecular weight is 275 g/mol. The summed E-state index contributed by atoms with van der Waals surface area (Å²) in [7, 11) is 0. The summed E-state index contributed by atoms with van der Waals surface area (Å²) < 4.78 is 0. The summed E-state index contributed by atoms with van der Waals surface area (Å²) >= 11 is 6.83. The number of aromatic carboxylic acids is 1. The van der Waals surface area contributed by atoms with Crippen LogP contribution in [0.2, 0.25) is 5.02 Å². The van der Waals surface area contributed by atoms with Crippen LogP contribution in [0.3, 0.4) is 0 Å². The van der Waals surface area contributed by atoms with Gasteiger partial charge in [-0.25, -0.2) is 4.79 Å². The van der Waals surface area contributed by atoms with Crippen molar-refractivity contribution in [3.05, 3.63) is 28.8 Å².